The van der Waals surface area contributed by atoms with Crippen molar-refractivity contribution in [3.8, 4) is 0 Å². The van der Waals surface area contributed by atoms with Gasteiger partial charge >= 0.3 is 18.0 Å². The lowest BCUT2D eigenvalue weighted by Crippen LogP contribution is -2.49. The molecule has 2 amide bonds. The molecule has 18 heavy (non-hydrogen) atoms. The zero-order chi connectivity index (χ0) is 13.5. The van der Waals surface area contributed by atoms with Gasteiger partial charge in [0, 0.05) is 11.8 Å². The summed E-state index contributed by atoms with van der Waals surface area (Å²) in [6, 6.07) is -1.78. The van der Waals surface area contributed by atoms with E-state index in [2.05, 4.69) is 15.4 Å². The minimum Gasteiger partial charge on any atom is -0.480 e. The third kappa shape index (κ3) is 4.82. The minimum absolute atomic E-state index is 0.0579. The Balaban J connectivity index is 2.41. The molecule has 0 radical (unpaired) electrons. The summed E-state index contributed by atoms with van der Waals surface area (Å²) < 4.78 is 4.37. The smallest absolute Gasteiger partial charge is 0.326 e. The van der Waals surface area contributed by atoms with E-state index in [9.17, 15) is 14.4 Å². The number of methoxy groups -OCH3 is 1. The van der Waals surface area contributed by atoms with Crippen LogP contribution in [-0.2, 0) is 14.3 Å². The molecular formula is C10H16N2O5S. The number of hydrogen-bond donors (Lipinski definition) is 3. The third-order valence-corrected chi connectivity index (χ3v) is 3.63. The zero-order valence-electron chi connectivity index (χ0n) is 9.97. The van der Waals surface area contributed by atoms with Crippen LogP contribution in [0.4, 0.5) is 4.79 Å². The Bertz CT molecular complexity index is 330. The predicted octanol–water partition coefficient (Wildman–Crippen LogP) is -0.193. The number of amides is 2. The lowest BCUT2D eigenvalue weighted by molar-refractivity contribution is -0.147. The molecular weight excluding hydrogens is 260 g/mol. The second kappa shape index (κ2) is 7.10. The van der Waals surface area contributed by atoms with Crippen molar-refractivity contribution in [1.82, 2.24) is 10.6 Å². The molecule has 1 aliphatic rings. The van der Waals surface area contributed by atoms with E-state index in [0.29, 0.717) is 0 Å². The molecule has 3 N–H and O–H groups in total. The highest BCUT2D eigenvalue weighted by atomic mass is 32.2. The molecule has 102 valence electrons. The molecule has 7 nitrogen and oxygen atoms in total. The standard InChI is InChI=1S/C10H16N2O5S/c1-17-8(13)4-7(9(14)15)12-10(16)11-6-2-3-18-5-6/h6-7H,2-5H2,1H3,(H,14,15)(H2,11,12,16)/t6?,7-/m0/s1. The molecule has 1 aliphatic heterocycles. The first-order valence-electron chi connectivity index (χ1n) is 5.47. The van der Waals surface area contributed by atoms with Crippen molar-refractivity contribution in [2.24, 2.45) is 0 Å². The number of aliphatic carboxylic acids is 1. The second-order valence-corrected chi connectivity index (χ2v) is 5.00. The number of carboxylic acids is 1. The molecule has 1 rings (SSSR count). The summed E-state index contributed by atoms with van der Waals surface area (Å²) >= 11 is 1.73. The Morgan fingerprint density at radius 1 is 1.50 bits per heavy atom. The van der Waals surface area contributed by atoms with Crippen LogP contribution in [0.15, 0.2) is 0 Å². The van der Waals surface area contributed by atoms with Gasteiger partial charge in [0.2, 0.25) is 0 Å². The highest BCUT2D eigenvalue weighted by molar-refractivity contribution is 7.99. The number of esters is 1. The van der Waals surface area contributed by atoms with Gasteiger partial charge in [0.25, 0.3) is 0 Å². The van der Waals surface area contributed by atoms with E-state index < -0.39 is 30.4 Å². The largest absolute Gasteiger partial charge is 0.480 e. The summed E-state index contributed by atoms with van der Waals surface area (Å²) in [6.45, 7) is 0. The van der Waals surface area contributed by atoms with Crippen molar-refractivity contribution in [3.63, 3.8) is 0 Å². The van der Waals surface area contributed by atoms with Crippen LogP contribution < -0.4 is 10.6 Å². The van der Waals surface area contributed by atoms with E-state index in [1.54, 1.807) is 11.8 Å². The molecule has 0 aromatic heterocycles. The number of urea groups is 1. The highest BCUT2D eigenvalue weighted by Crippen LogP contribution is 2.16. The van der Waals surface area contributed by atoms with Crippen LogP contribution >= 0.6 is 11.8 Å². The molecule has 1 unspecified atom stereocenters. The van der Waals surface area contributed by atoms with Crippen molar-refractivity contribution >= 4 is 29.7 Å². The number of thioether (sulfide) groups is 1. The molecule has 0 bridgehead atoms. The van der Waals surface area contributed by atoms with E-state index in [1.807, 2.05) is 0 Å². The number of carbonyl (C=O) groups excluding carboxylic acids is 2. The van der Waals surface area contributed by atoms with E-state index in [1.165, 1.54) is 0 Å². The SMILES string of the molecule is COC(=O)C[C@H](NC(=O)NC1CCSC1)C(=O)O. The molecule has 1 fully saturated rings. The van der Waals surface area contributed by atoms with Gasteiger partial charge in [-0.1, -0.05) is 0 Å². The van der Waals surface area contributed by atoms with Crippen molar-refractivity contribution in [2.45, 2.75) is 24.9 Å². The fraction of sp³-hybridized carbons (Fsp3) is 0.700. The van der Waals surface area contributed by atoms with Crippen LogP contribution in [-0.4, -0.2) is 53.8 Å². The average molecular weight is 276 g/mol. The van der Waals surface area contributed by atoms with Crippen LogP contribution in [0.5, 0.6) is 0 Å². The van der Waals surface area contributed by atoms with Crippen molar-refractivity contribution in [2.75, 3.05) is 18.6 Å². The average Bonchev–Trinajstić information content (AvgIpc) is 2.80. The fourth-order valence-electron chi connectivity index (χ4n) is 1.48. The van der Waals surface area contributed by atoms with Crippen molar-refractivity contribution in [1.29, 1.82) is 0 Å². The van der Waals surface area contributed by atoms with Gasteiger partial charge < -0.3 is 20.5 Å². The molecule has 0 spiro atoms. The molecule has 0 aromatic carbocycles. The monoisotopic (exact) mass is 276 g/mol. The Kier molecular flexibility index (Phi) is 5.76. The second-order valence-electron chi connectivity index (χ2n) is 3.85. The summed E-state index contributed by atoms with van der Waals surface area (Å²) in [5, 5.41) is 13.8. The Hall–Kier alpha value is -1.44. The van der Waals surface area contributed by atoms with Crippen molar-refractivity contribution in [3.05, 3.63) is 0 Å². The molecule has 8 heteroatoms. The van der Waals surface area contributed by atoms with Gasteiger partial charge in [0.1, 0.15) is 6.04 Å². The van der Waals surface area contributed by atoms with E-state index in [-0.39, 0.29) is 6.04 Å². The highest BCUT2D eigenvalue weighted by Gasteiger charge is 2.25. The van der Waals surface area contributed by atoms with Gasteiger partial charge in [-0.2, -0.15) is 11.8 Å². The van der Waals surface area contributed by atoms with E-state index >= 15 is 0 Å². The maximum atomic E-state index is 11.5. The number of ether oxygens (including phenoxy) is 1. The zero-order valence-corrected chi connectivity index (χ0v) is 10.8. The normalized spacial score (nSPS) is 19.9. The molecule has 1 heterocycles. The molecule has 1 saturated heterocycles. The lowest BCUT2D eigenvalue weighted by atomic mass is 10.2. The number of carboxylic acid groups (broad SMARTS) is 1. The third-order valence-electron chi connectivity index (χ3n) is 2.47. The maximum Gasteiger partial charge on any atom is 0.326 e. The first kappa shape index (κ1) is 14.6. The van der Waals surface area contributed by atoms with Crippen LogP contribution in [0.2, 0.25) is 0 Å². The molecule has 0 aliphatic carbocycles. The van der Waals surface area contributed by atoms with Crippen LogP contribution in [0, 0.1) is 0 Å². The maximum absolute atomic E-state index is 11.5. The van der Waals surface area contributed by atoms with E-state index in [4.69, 9.17) is 5.11 Å². The van der Waals surface area contributed by atoms with Gasteiger partial charge in [-0.25, -0.2) is 9.59 Å². The first-order valence-corrected chi connectivity index (χ1v) is 6.62. The van der Waals surface area contributed by atoms with Gasteiger partial charge in [-0.05, 0) is 12.2 Å². The topological polar surface area (TPSA) is 105 Å². The fourth-order valence-corrected chi connectivity index (χ4v) is 2.64. The Morgan fingerprint density at radius 2 is 2.22 bits per heavy atom. The van der Waals surface area contributed by atoms with Crippen LogP contribution in [0.25, 0.3) is 0 Å². The van der Waals surface area contributed by atoms with Gasteiger partial charge in [-0.3, -0.25) is 4.79 Å². The minimum atomic E-state index is -1.27. The van der Waals surface area contributed by atoms with Gasteiger partial charge in [0.05, 0.1) is 13.5 Å². The predicted molar refractivity (Wildman–Crippen MR) is 65.5 cm³/mol. The number of nitrogens with one attached hydrogen (secondary N) is 2. The molecule has 0 aromatic rings. The summed E-state index contributed by atoms with van der Waals surface area (Å²) in [4.78, 5) is 33.4. The summed E-state index contributed by atoms with van der Waals surface area (Å²) in [6.07, 6.45) is 0.478. The number of carbonyl (C=O) groups is 3. The van der Waals surface area contributed by atoms with Crippen LogP contribution in [0.3, 0.4) is 0 Å². The first-order chi connectivity index (χ1) is 8.52. The van der Waals surface area contributed by atoms with Crippen molar-refractivity contribution < 1.29 is 24.2 Å². The quantitative estimate of drug-likeness (QED) is 0.601. The summed E-state index contributed by atoms with van der Waals surface area (Å²) in [7, 11) is 1.16. The molecule has 2 atom stereocenters. The number of hydrogen-bond acceptors (Lipinski definition) is 5. The lowest BCUT2D eigenvalue weighted by Gasteiger charge is -2.16. The van der Waals surface area contributed by atoms with Gasteiger partial charge in [0.15, 0.2) is 0 Å². The Labute approximate surface area is 109 Å². The summed E-state index contributed by atoms with van der Waals surface area (Å²) in [5.41, 5.74) is 0. The van der Waals surface area contributed by atoms with Crippen LogP contribution in [0.1, 0.15) is 12.8 Å². The Morgan fingerprint density at radius 3 is 2.72 bits per heavy atom. The van der Waals surface area contributed by atoms with Gasteiger partial charge in [-0.15, -0.1) is 0 Å². The number of rotatable bonds is 5. The van der Waals surface area contributed by atoms with E-state index in [0.717, 1.165) is 25.0 Å². The summed E-state index contributed by atoms with van der Waals surface area (Å²) in [5.74, 6) is -0.145. The molecule has 0 saturated carbocycles.